The van der Waals surface area contributed by atoms with Gasteiger partial charge in [-0.05, 0) is 18.2 Å². The molecule has 0 fully saturated rings. The molecule has 0 aliphatic carbocycles. The molecule has 0 unspecified atom stereocenters. The minimum atomic E-state index is -3.68. The van der Waals surface area contributed by atoms with Crippen LogP contribution in [0.3, 0.4) is 0 Å². The highest BCUT2D eigenvalue weighted by Gasteiger charge is 2.23. The van der Waals surface area contributed by atoms with Crippen molar-refractivity contribution in [3.05, 3.63) is 46.8 Å². The number of benzene rings is 1. The predicted molar refractivity (Wildman–Crippen MR) is 81.7 cm³/mol. The standard InChI is InChI=1S/C13H16N4O4S/c1-15(8-9-16-7-3-6-14-16)11-4-5-12(17(18)19)13(10-11)22(2,20)21/h3-7,10H,8-9H2,1-2H3. The Bertz CT molecular complexity index is 771. The largest absolute Gasteiger partial charge is 0.373 e. The summed E-state index contributed by atoms with van der Waals surface area (Å²) in [7, 11) is -1.89. The molecule has 0 radical (unpaired) electrons. The van der Waals surface area contributed by atoms with Crippen molar-refractivity contribution in [3.8, 4) is 0 Å². The third kappa shape index (κ3) is 3.61. The number of nitrogens with zero attached hydrogens (tertiary/aromatic N) is 4. The Morgan fingerprint density at radius 2 is 2.14 bits per heavy atom. The summed E-state index contributed by atoms with van der Waals surface area (Å²) in [6, 6.07) is 5.90. The molecule has 0 bridgehead atoms. The lowest BCUT2D eigenvalue weighted by Gasteiger charge is -2.19. The van der Waals surface area contributed by atoms with E-state index < -0.39 is 20.4 Å². The van der Waals surface area contributed by atoms with Crippen molar-refractivity contribution in [2.75, 3.05) is 24.7 Å². The van der Waals surface area contributed by atoms with Crippen LogP contribution in [0.1, 0.15) is 0 Å². The van der Waals surface area contributed by atoms with Crippen LogP contribution in [0.25, 0.3) is 0 Å². The van der Waals surface area contributed by atoms with Gasteiger partial charge in [0.15, 0.2) is 9.84 Å². The molecule has 0 amide bonds. The molecule has 118 valence electrons. The molecule has 2 rings (SSSR count). The van der Waals surface area contributed by atoms with Crippen LogP contribution in [-0.4, -0.2) is 43.0 Å². The minimum absolute atomic E-state index is 0.277. The Hall–Kier alpha value is -2.42. The van der Waals surface area contributed by atoms with Crippen LogP contribution in [0.4, 0.5) is 11.4 Å². The van der Waals surface area contributed by atoms with E-state index in [9.17, 15) is 18.5 Å². The van der Waals surface area contributed by atoms with Crippen molar-refractivity contribution < 1.29 is 13.3 Å². The number of hydrogen-bond donors (Lipinski definition) is 0. The highest BCUT2D eigenvalue weighted by Crippen LogP contribution is 2.28. The molecule has 0 aliphatic rings. The average molecular weight is 324 g/mol. The number of nitro groups is 1. The van der Waals surface area contributed by atoms with E-state index in [1.54, 1.807) is 17.9 Å². The second-order valence-electron chi connectivity index (χ2n) is 4.87. The summed E-state index contributed by atoms with van der Waals surface area (Å²) in [5.41, 5.74) is 0.185. The number of rotatable bonds is 6. The smallest absolute Gasteiger partial charge is 0.288 e. The topological polar surface area (TPSA) is 98.3 Å². The first-order valence-electron chi connectivity index (χ1n) is 6.46. The first-order chi connectivity index (χ1) is 10.3. The van der Waals surface area contributed by atoms with Crippen molar-refractivity contribution in [1.29, 1.82) is 0 Å². The lowest BCUT2D eigenvalue weighted by Crippen LogP contribution is -2.23. The van der Waals surface area contributed by atoms with Crippen molar-refractivity contribution in [2.45, 2.75) is 11.4 Å². The maximum Gasteiger partial charge on any atom is 0.288 e. The number of likely N-dealkylation sites (N-methyl/N-ethyl adjacent to an activating group) is 1. The van der Waals surface area contributed by atoms with Gasteiger partial charge in [-0.25, -0.2) is 8.42 Å². The van der Waals surface area contributed by atoms with Gasteiger partial charge in [-0.3, -0.25) is 14.8 Å². The molecule has 1 aromatic heterocycles. The zero-order chi connectivity index (χ0) is 16.3. The van der Waals surface area contributed by atoms with E-state index in [1.807, 2.05) is 17.2 Å². The summed E-state index contributed by atoms with van der Waals surface area (Å²) in [4.78, 5) is 11.8. The molecule has 1 aromatic carbocycles. The summed E-state index contributed by atoms with van der Waals surface area (Å²) in [5.74, 6) is 0. The fourth-order valence-corrected chi connectivity index (χ4v) is 2.86. The summed E-state index contributed by atoms with van der Waals surface area (Å²) in [5, 5.41) is 15.0. The minimum Gasteiger partial charge on any atom is -0.373 e. The molecule has 8 nitrogen and oxygen atoms in total. The van der Waals surface area contributed by atoms with Gasteiger partial charge in [0.2, 0.25) is 0 Å². The molecule has 0 saturated carbocycles. The van der Waals surface area contributed by atoms with Crippen LogP contribution in [0.2, 0.25) is 0 Å². The van der Waals surface area contributed by atoms with Crippen LogP contribution in [-0.2, 0) is 16.4 Å². The third-order valence-corrected chi connectivity index (χ3v) is 4.33. The monoisotopic (exact) mass is 324 g/mol. The van der Waals surface area contributed by atoms with E-state index in [-0.39, 0.29) is 4.90 Å². The first-order valence-corrected chi connectivity index (χ1v) is 8.35. The molecule has 2 aromatic rings. The van der Waals surface area contributed by atoms with Gasteiger partial charge in [-0.1, -0.05) is 0 Å². The summed E-state index contributed by atoms with van der Waals surface area (Å²) < 4.78 is 25.2. The van der Waals surface area contributed by atoms with Gasteiger partial charge >= 0.3 is 0 Å². The van der Waals surface area contributed by atoms with Gasteiger partial charge in [0.25, 0.3) is 5.69 Å². The van der Waals surface area contributed by atoms with Crippen molar-refractivity contribution in [1.82, 2.24) is 9.78 Å². The highest BCUT2D eigenvalue weighted by atomic mass is 32.2. The second kappa shape index (κ2) is 6.14. The number of anilines is 1. The van der Waals surface area contributed by atoms with Gasteiger partial charge < -0.3 is 4.90 Å². The molecule has 0 spiro atoms. The maximum atomic E-state index is 11.7. The number of nitro benzene ring substituents is 1. The Morgan fingerprint density at radius 3 is 2.68 bits per heavy atom. The van der Waals surface area contributed by atoms with Gasteiger partial charge in [0.05, 0.1) is 11.5 Å². The first kappa shape index (κ1) is 16.0. The molecular weight excluding hydrogens is 308 g/mol. The van der Waals surface area contributed by atoms with E-state index in [2.05, 4.69) is 5.10 Å². The second-order valence-corrected chi connectivity index (χ2v) is 6.86. The fourth-order valence-electron chi connectivity index (χ4n) is 2.00. The lowest BCUT2D eigenvalue weighted by molar-refractivity contribution is -0.387. The zero-order valence-electron chi connectivity index (χ0n) is 12.2. The summed E-state index contributed by atoms with van der Waals surface area (Å²) in [6.45, 7) is 1.21. The van der Waals surface area contributed by atoms with E-state index in [0.29, 0.717) is 18.8 Å². The van der Waals surface area contributed by atoms with Gasteiger partial charge in [-0.15, -0.1) is 0 Å². The van der Waals surface area contributed by atoms with Gasteiger partial charge in [0, 0.05) is 44.0 Å². The number of aromatic nitrogens is 2. The Balaban J connectivity index is 2.26. The predicted octanol–water partition coefficient (Wildman–Crippen LogP) is 1.33. The fraction of sp³-hybridized carbons (Fsp3) is 0.308. The van der Waals surface area contributed by atoms with Gasteiger partial charge in [-0.2, -0.15) is 5.10 Å². The number of hydrogen-bond acceptors (Lipinski definition) is 6. The SMILES string of the molecule is CN(CCn1cccn1)c1ccc([N+](=O)[O-])c(S(C)(=O)=O)c1. The molecule has 9 heteroatoms. The highest BCUT2D eigenvalue weighted by molar-refractivity contribution is 7.90. The van der Waals surface area contributed by atoms with Gasteiger partial charge in [0.1, 0.15) is 4.90 Å². The van der Waals surface area contributed by atoms with Crippen molar-refractivity contribution >= 4 is 21.2 Å². The van der Waals surface area contributed by atoms with Crippen LogP contribution >= 0.6 is 0 Å². The average Bonchev–Trinajstić information content (AvgIpc) is 2.96. The molecule has 0 aliphatic heterocycles. The van der Waals surface area contributed by atoms with E-state index in [4.69, 9.17) is 0 Å². The zero-order valence-corrected chi connectivity index (χ0v) is 13.0. The van der Waals surface area contributed by atoms with E-state index in [0.717, 1.165) is 6.26 Å². The Labute approximate surface area is 128 Å². The van der Waals surface area contributed by atoms with E-state index >= 15 is 0 Å². The van der Waals surface area contributed by atoms with Crippen LogP contribution < -0.4 is 4.90 Å². The molecule has 1 heterocycles. The Kier molecular flexibility index (Phi) is 4.45. The van der Waals surface area contributed by atoms with Crippen LogP contribution in [0, 0.1) is 10.1 Å². The lowest BCUT2D eigenvalue weighted by atomic mass is 10.2. The van der Waals surface area contributed by atoms with Crippen molar-refractivity contribution in [2.24, 2.45) is 0 Å². The Morgan fingerprint density at radius 1 is 1.41 bits per heavy atom. The molecule has 0 saturated heterocycles. The molecular formula is C13H16N4O4S. The van der Waals surface area contributed by atoms with Crippen molar-refractivity contribution in [3.63, 3.8) is 0 Å². The number of sulfone groups is 1. The quantitative estimate of drug-likeness (QED) is 0.587. The summed E-state index contributed by atoms with van der Waals surface area (Å²) in [6.07, 6.45) is 4.46. The van der Waals surface area contributed by atoms with Crippen LogP contribution in [0.5, 0.6) is 0 Å². The third-order valence-electron chi connectivity index (χ3n) is 3.20. The molecule has 0 N–H and O–H groups in total. The normalized spacial score (nSPS) is 11.4. The molecule has 0 atom stereocenters. The van der Waals surface area contributed by atoms with E-state index in [1.165, 1.54) is 18.2 Å². The van der Waals surface area contributed by atoms with Crippen LogP contribution in [0.15, 0.2) is 41.6 Å². The summed E-state index contributed by atoms with van der Waals surface area (Å²) >= 11 is 0. The molecule has 22 heavy (non-hydrogen) atoms. The maximum absolute atomic E-state index is 11.7.